The third-order valence-corrected chi connectivity index (χ3v) is 3.22. The molecule has 0 aromatic heterocycles. The first-order valence-electron chi connectivity index (χ1n) is 6.38. The smallest absolute Gasteiger partial charge is 0.341 e. The molecule has 0 N–H and O–H groups in total. The monoisotopic (exact) mass is 280 g/mol. The van der Waals surface area contributed by atoms with Gasteiger partial charge in [0.05, 0.1) is 20.8 Å². The summed E-state index contributed by atoms with van der Waals surface area (Å²) in [6.07, 6.45) is 0.875. The first-order valence-corrected chi connectivity index (χ1v) is 6.38. The van der Waals surface area contributed by atoms with Gasteiger partial charge in [-0.2, -0.15) is 0 Å². The van der Waals surface area contributed by atoms with Crippen molar-refractivity contribution in [3.05, 3.63) is 22.3 Å². The highest BCUT2D eigenvalue weighted by atomic mass is 16.5. The molecule has 0 aliphatic rings. The Morgan fingerprint density at radius 2 is 1.80 bits per heavy atom. The van der Waals surface area contributed by atoms with Crippen molar-refractivity contribution >= 4 is 12.3 Å². The number of hydrogen-bond donors (Lipinski definition) is 0. The second-order valence-corrected chi connectivity index (χ2v) is 4.26. The molecule has 5 heteroatoms. The van der Waals surface area contributed by atoms with E-state index in [9.17, 15) is 9.59 Å². The summed E-state index contributed by atoms with van der Waals surface area (Å²) in [4.78, 5) is 22.9. The fraction of sp³-hybridized carbons (Fsp3) is 0.467. The van der Waals surface area contributed by atoms with E-state index in [4.69, 9.17) is 14.2 Å². The van der Waals surface area contributed by atoms with Crippen LogP contribution in [0.1, 0.15) is 34.0 Å². The van der Waals surface area contributed by atoms with Crippen molar-refractivity contribution in [2.24, 2.45) is 0 Å². The van der Waals surface area contributed by atoms with E-state index in [-0.39, 0.29) is 6.42 Å². The van der Waals surface area contributed by atoms with Gasteiger partial charge in [0.25, 0.3) is 0 Å². The number of hydrogen-bond acceptors (Lipinski definition) is 5. The van der Waals surface area contributed by atoms with Gasteiger partial charge in [-0.05, 0) is 31.9 Å². The van der Waals surface area contributed by atoms with E-state index in [1.807, 2.05) is 13.8 Å². The van der Waals surface area contributed by atoms with Crippen molar-refractivity contribution < 1.29 is 23.8 Å². The van der Waals surface area contributed by atoms with Gasteiger partial charge in [0.1, 0.15) is 23.3 Å². The molecular formula is C15H20O5. The lowest BCUT2D eigenvalue weighted by atomic mass is 9.95. The lowest BCUT2D eigenvalue weighted by Gasteiger charge is -2.20. The highest BCUT2D eigenvalue weighted by molar-refractivity contribution is 5.96. The molecule has 0 bridgehead atoms. The molecule has 0 atom stereocenters. The molecule has 1 rings (SSSR count). The normalized spacial score (nSPS) is 10.1. The number of carbonyl (C=O) groups excluding carboxylic acids is 2. The van der Waals surface area contributed by atoms with E-state index in [1.54, 1.807) is 6.92 Å². The molecule has 110 valence electrons. The summed E-state index contributed by atoms with van der Waals surface area (Å²) in [7, 11) is 2.85. The molecule has 0 unspecified atom stereocenters. The van der Waals surface area contributed by atoms with E-state index in [0.29, 0.717) is 29.2 Å². The van der Waals surface area contributed by atoms with Crippen molar-refractivity contribution in [3.63, 3.8) is 0 Å². The quantitative estimate of drug-likeness (QED) is 0.590. The maximum Gasteiger partial charge on any atom is 0.341 e. The van der Waals surface area contributed by atoms with E-state index >= 15 is 0 Å². The van der Waals surface area contributed by atoms with Gasteiger partial charge < -0.3 is 19.0 Å². The number of rotatable bonds is 6. The van der Waals surface area contributed by atoms with Gasteiger partial charge in [-0.15, -0.1) is 0 Å². The second-order valence-electron chi connectivity index (χ2n) is 4.26. The topological polar surface area (TPSA) is 61.8 Å². The zero-order chi connectivity index (χ0) is 15.3. The minimum absolute atomic E-state index is 0.115. The third kappa shape index (κ3) is 2.76. The molecule has 1 aromatic rings. The average Bonchev–Trinajstić information content (AvgIpc) is 2.44. The fourth-order valence-corrected chi connectivity index (χ4v) is 2.20. The molecule has 1 aromatic carbocycles. The second kappa shape index (κ2) is 6.93. The summed E-state index contributed by atoms with van der Waals surface area (Å²) in [5, 5.41) is 0. The van der Waals surface area contributed by atoms with Crippen molar-refractivity contribution in [1.82, 2.24) is 0 Å². The first kappa shape index (κ1) is 16.0. The van der Waals surface area contributed by atoms with Crippen LogP contribution in [0.15, 0.2) is 0 Å². The van der Waals surface area contributed by atoms with Crippen LogP contribution in [-0.2, 0) is 16.0 Å². The van der Waals surface area contributed by atoms with Crippen LogP contribution in [0, 0.1) is 13.8 Å². The summed E-state index contributed by atoms with van der Waals surface area (Å²) >= 11 is 0. The Hall–Kier alpha value is -2.04. The number of aldehydes is 1. The molecule has 0 aliphatic carbocycles. The minimum Gasteiger partial charge on any atom is -0.496 e. The maximum absolute atomic E-state index is 12.0. The molecule has 0 saturated heterocycles. The first-order chi connectivity index (χ1) is 9.53. The Labute approximate surface area is 118 Å². The van der Waals surface area contributed by atoms with Crippen LogP contribution in [0.5, 0.6) is 11.5 Å². The largest absolute Gasteiger partial charge is 0.496 e. The van der Waals surface area contributed by atoms with E-state index < -0.39 is 5.97 Å². The van der Waals surface area contributed by atoms with Crippen LogP contribution in [-0.4, -0.2) is 33.1 Å². The predicted molar refractivity (Wildman–Crippen MR) is 74.7 cm³/mol. The number of benzene rings is 1. The minimum atomic E-state index is -0.483. The number of ether oxygens (including phenoxy) is 3. The molecule has 0 amide bonds. The zero-order valence-corrected chi connectivity index (χ0v) is 12.5. The van der Waals surface area contributed by atoms with Gasteiger partial charge in [-0.1, -0.05) is 0 Å². The average molecular weight is 280 g/mol. The van der Waals surface area contributed by atoms with Crippen molar-refractivity contribution in [2.45, 2.75) is 27.2 Å². The van der Waals surface area contributed by atoms with Crippen LogP contribution < -0.4 is 9.47 Å². The molecule has 0 saturated carbocycles. The Morgan fingerprint density at radius 1 is 1.15 bits per heavy atom. The van der Waals surface area contributed by atoms with Gasteiger partial charge in [-0.25, -0.2) is 4.79 Å². The maximum atomic E-state index is 12.0. The van der Waals surface area contributed by atoms with Crippen LogP contribution in [0.25, 0.3) is 0 Å². The third-order valence-electron chi connectivity index (χ3n) is 3.22. The van der Waals surface area contributed by atoms with Crippen molar-refractivity contribution in [2.75, 3.05) is 20.8 Å². The van der Waals surface area contributed by atoms with Gasteiger partial charge >= 0.3 is 5.97 Å². The van der Waals surface area contributed by atoms with Crippen LogP contribution in [0.3, 0.4) is 0 Å². The molecule has 0 fully saturated rings. The lowest BCUT2D eigenvalue weighted by Crippen LogP contribution is -2.13. The van der Waals surface area contributed by atoms with E-state index in [1.165, 1.54) is 14.2 Å². The Balaban J connectivity index is 3.73. The number of methoxy groups -OCH3 is 2. The highest BCUT2D eigenvalue weighted by Crippen LogP contribution is 2.39. The number of carbonyl (C=O) groups is 2. The summed E-state index contributed by atoms with van der Waals surface area (Å²) in [6.45, 7) is 5.83. The Kier molecular flexibility index (Phi) is 5.55. The summed E-state index contributed by atoms with van der Waals surface area (Å²) < 4.78 is 15.8. The van der Waals surface area contributed by atoms with Crippen LogP contribution in [0.4, 0.5) is 0 Å². The molecular weight excluding hydrogens is 260 g/mol. The van der Waals surface area contributed by atoms with Crippen molar-refractivity contribution in [1.29, 1.82) is 0 Å². The zero-order valence-electron chi connectivity index (χ0n) is 12.5. The molecule has 0 aliphatic heterocycles. The number of esters is 1. The summed E-state index contributed by atoms with van der Waals surface area (Å²) in [5.74, 6) is 0.459. The van der Waals surface area contributed by atoms with Crippen molar-refractivity contribution in [3.8, 4) is 11.5 Å². The van der Waals surface area contributed by atoms with Gasteiger partial charge in [0.15, 0.2) is 0 Å². The SMILES string of the molecule is CCOc1c(CC=O)c(OC)c(C)c(C)c1C(=O)OC. The molecule has 0 heterocycles. The molecule has 5 nitrogen and oxygen atoms in total. The fourth-order valence-electron chi connectivity index (χ4n) is 2.20. The van der Waals surface area contributed by atoms with Gasteiger partial charge in [0, 0.05) is 12.0 Å². The van der Waals surface area contributed by atoms with Gasteiger partial charge in [0.2, 0.25) is 0 Å². The molecule has 0 spiro atoms. The predicted octanol–water partition coefficient (Wildman–Crippen LogP) is 2.24. The highest BCUT2D eigenvalue weighted by Gasteiger charge is 2.26. The van der Waals surface area contributed by atoms with E-state index in [2.05, 4.69) is 0 Å². The standard InChI is InChI=1S/C15H20O5/c1-6-20-14-11(7-8-16)13(18-4)10(3)9(2)12(14)15(17)19-5/h8H,6-7H2,1-5H3. The lowest BCUT2D eigenvalue weighted by molar-refractivity contribution is -0.107. The van der Waals surface area contributed by atoms with E-state index in [0.717, 1.165) is 17.4 Å². The van der Waals surface area contributed by atoms with Crippen LogP contribution >= 0.6 is 0 Å². The Bertz CT molecular complexity index is 520. The van der Waals surface area contributed by atoms with Gasteiger partial charge in [-0.3, -0.25) is 0 Å². The van der Waals surface area contributed by atoms with Crippen LogP contribution in [0.2, 0.25) is 0 Å². The molecule has 20 heavy (non-hydrogen) atoms. The Morgan fingerprint density at radius 3 is 2.25 bits per heavy atom. The summed E-state index contributed by atoms with van der Waals surface area (Å²) in [5.41, 5.74) is 2.46. The summed E-state index contributed by atoms with van der Waals surface area (Å²) in [6, 6.07) is 0. The molecule has 0 radical (unpaired) electrons.